The second-order valence-corrected chi connectivity index (χ2v) is 12.5. The Morgan fingerprint density at radius 1 is 1.18 bits per heavy atom. The SMILES string of the molecule is CCS(=O)(=O)Nc1cc(N(C)C)c2c(c1O)C(O)=C1C(=O)[C@]3(O)C(O)=C(C(N)=O)C(=O)[C@@H](N(C)C)C3CC1C2.Cl. The standard InChI is InChI=1S/C25H32N4O9S.ClH/c1-6-39(37,38)27-13-9-14(28(2)3)11-7-10-8-12-18(29(4)5)21(32)17(24(26)35)23(34)25(12,36)22(33)15(10)20(31)16(11)19(13)30;/h9-10,12,18,27,30-31,34,36H,6-8H2,1-5H3,(H2,26,35);1H/t10?,12?,18-,25-;/m0./s1. The molecular formula is C25H33ClN4O9S. The van der Waals surface area contributed by atoms with Gasteiger partial charge < -0.3 is 31.1 Å². The number of hydrogen-bond donors (Lipinski definition) is 6. The molecule has 4 rings (SSSR count). The van der Waals surface area contributed by atoms with Crippen LogP contribution in [0.4, 0.5) is 11.4 Å². The summed E-state index contributed by atoms with van der Waals surface area (Å²) in [6.45, 7) is 1.41. The molecule has 0 aromatic heterocycles. The van der Waals surface area contributed by atoms with E-state index in [2.05, 4.69) is 4.72 Å². The van der Waals surface area contributed by atoms with Gasteiger partial charge in [-0.15, -0.1) is 12.4 Å². The fraction of sp³-hybridized carbons (Fsp3) is 0.480. The molecule has 0 saturated heterocycles. The van der Waals surface area contributed by atoms with Crippen LogP contribution in [0.25, 0.3) is 5.76 Å². The van der Waals surface area contributed by atoms with E-state index in [9.17, 15) is 43.2 Å². The number of nitrogens with one attached hydrogen (secondary N) is 1. The van der Waals surface area contributed by atoms with E-state index < -0.39 is 73.8 Å². The number of anilines is 2. The summed E-state index contributed by atoms with van der Waals surface area (Å²) >= 11 is 0. The van der Waals surface area contributed by atoms with Gasteiger partial charge in [-0.3, -0.25) is 24.0 Å². The Kier molecular flexibility index (Phi) is 8.00. The molecule has 3 aliphatic carbocycles. The van der Waals surface area contributed by atoms with E-state index in [1.165, 1.54) is 32.0 Å². The van der Waals surface area contributed by atoms with Crippen LogP contribution in [0.2, 0.25) is 0 Å². The van der Waals surface area contributed by atoms with Crippen molar-refractivity contribution in [3.05, 3.63) is 34.1 Å². The Balaban J connectivity index is 0.00000441. The minimum Gasteiger partial charge on any atom is -0.508 e. The number of nitrogens with two attached hydrogens (primary N) is 1. The number of halogens is 1. The van der Waals surface area contributed by atoms with E-state index in [-0.39, 0.29) is 47.8 Å². The topological polar surface area (TPSA) is 211 Å². The second-order valence-electron chi connectivity index (χ2n) is 10.5. The van der Waals surface area contributed by atoms with Gasteiger partial charge in [0.25, 0.3) is 5.91 Å². The van der Waals surface area contributed by atoms with Gasteiger partial charge in [-0.25, -0.2) is 8.42 Å². The maximum absolute atomic E-state index is 13.9. The van der Waals surface area contributed by atoms with Crippen LogP contribution >= 0.6 is 12.4 Å². The highest BCUT2D eigenvalue weighted by atomic mass is 35.5. The zero-order valence-corrected chi connectivity index (χ0v) is 24.2. The molecule has 1 aromatic rings. The van der Waals surface area contributed by atoms with E-state index in [0.717, 1.165) is 0 Å². The molecule has 1 amide bonds. The first kappa shape index (κ1) is 31.2. The Hall–Kier alpha value is -3.33. The van der Waals surface area contributed by atoms with E-state index in [0.29, 0.717) is 11.3 Å². The van der Waals surface area contributed by atoms with Crippen molar-refractivity contribution >= 4 is 57.0 Å². The third kappa shape index (κ3) is 4.39. The van der Waals surface area contributed by atoms with Crippen molar-refractivity contribution in [3.63, 3.8) is 0 Å². The lowest BCUT2D eigenvalue weighted by Crippen LogP contribution is -2.65. The number of hydrogen-bond acceptors (Lipinski definition) is 11. The average Bonchev–Trinajstić information content (AvgIpc) is 2.82. The quantitative estimate of drug-likeness (QED) is 0.192. The first-order valence-corrected chi connectivity index (χ1v) is 13.9. The number of aliphatic hydroxyl groups excluding tert-OH is 2. The number of Topliss-reactive ketones (excluding diaryl/α,β-unsaturated/α-hetero) is 2. The van der Waals surface area contributed by atoms with Crippen molar-refractivity contribution in [2.75, 3.05) is 43.6 Å². The number of aromatic hydroxyl groups is 1. The lowest BCUT2D eigenvalue weighted by Gasteiger charge is -2.50. The van der Waals surface area contributed by atoms with Crippen LogP contribution in [0.15, 0.2) is 23.0 Å². The van der Waals surface area contributed by atoms with E-state index in [4.69, 9.17) is 5.73 Å². The first-order chi connectivity index (χ1) is 18.0. The number of nitrogens with zero attached hydrogens (tertiary/aromatic N) is 2. The van der Waals surface area contributed by atoms with E-state index >= 15 is 0 Å². The number of phenols is 1. The van der Waals surface area contributed by atoms with Crippen LogP contribution in [0, 0.1) is 11.8 Å². The molecule has 4 atom stereocenters. The predicted octanol–water partition coefficient (Wildman–Crippen LogP) is 0.213. The Labute approximate surface area is 237 Å². The van der Waals surface area contributed by atoms with Crippen LogP contribution in [0.3, 0.4) is 0 Å². The zero-order valence-electron chi connectivity index (χ0n) is 22.5. The molecule has 1 saturated carbocycles. The highest BCUT2D eigenvalue weighted by molar-refractivity contribution is 7.92. The van der Waals surface area contributed by atoms with Gasteiger partial charge >= 0.3 is 0 Å². The van der Waals surface area contributed by atoms with Crippen LogP contribution in [0.5, 0.6) is 5.75 Å². The maximum atomic E-state index is 13.9. The minimum atomic E-state index is -3.84. The lowest BCUT2D eigenvalue weighted by atomic mass is 9.57. The molecule has 13 nitrogen and oxygen atoms in total. The van der Waals surface area contributed by atoms with Gasteiger partial charge in [0.05, 0.1) is 23.0 Å². The fourth-order valence-electron chi connectivity index (χ4n) is 6.01. The summed E-state index contributed by atoms with van der Waals surface area (Å²) in [4.78, 5) is 42.3. The van der Waals surface area contributed by atoms with Crippen LogP contribution < -0.4 is 15.4 Å². The smallest absolute Gasteiger partial charge is 0.255 e. The van der Waals surface area contributed by atoms with E-state index in [1.807, 2.05) is 0 Å². The van der Waals surface area contributed by atoms with Gasteiger partial charge in [-0.2, -0.15) is 0 Å². The summed E-state index contributed by atoms with van der Waals surface area (Å²) in [5, 5.41) is 45.1. The van der Waals surface area contributed by atoms with Gasteiger partial charge in [0.1, 0.15) is 17.1 Å². The third-order valence-electron chi connectivity index (χ3n) is 7.82. The van der Waals surface area contributed by atoms with Crippen LogP contribution in [0.1, 0.15) is 24.5 Å². The normalized spacial score (nSPS) is 26.1. The number of amides is 1. The molecule has 2 unspecified atom stereocenters. The van der Waals surface area contributed by atoms with Crippen molar-refractivity contribution in [2.45, 2.75) is 31.4 Å². The summed E-state index contributed by atoms with van der Waals surface area (Å²) < 4.78 is 26.8. The molecule has 0 radical (unpaired) electrons. The molecule has 0 aliphatic heterocycles. The predicted molar refractivity (Wildman–Crippen MR) is 149 cm³/mol. The summed E-state index contributed by atoms with van der Waals surface area (Å²) in [5.41, 5.74) is 1.80. The molecule has 0 spiro atoms. The van der Waals surface area contributed by atoms with Gasteiger partial charge in [0.2, 0.25) is 15.8 Å². The molecule has 3 aliphatic rings. The van der Waals surface area contributed by atoms with Crippen molar-refractivity contribution in [3.8, 4) is 5.75 Å². The molecule has 0 heterocycles. The van der Waals surface area contributed by atoms with Crippen LogP contribution in [-0.2, 0) is 30.8 Å². The number of phenolic OH excluding ortho intramolecular Hbond substituents is 1. The van der Waals surface area contributed by atoms with Crippen molar-refractivity contribution < 1.29 is 43.2 Å². The average molecular weight is 601 g/mol. The molecule has 1 aromatic carbocycles. The number of benzene rings is 1. The highest BCUT2D eigenvalue weighted by Gasteiger charge is 2.64. The lowest BCUT2D eigenvalue weighted by molar-refractivity contribution is -0.153. The molecule has 7 N–H and O–H groups in total. The van der Waals surface area contributed by atoms with Gasteiger partial charge in [0.15, 0.2) is 17.1 Å². The fourth-order valence-corrected chi connectivity index (χ4v) is 6.64. The first-order valence-electron chi connectivity index (χ1n) is 12.2. The summed E-state index contributed by atoms with van der Waals surface area (Å²) in [6.07, 6.45) is 0.0278. The van der Waals surface area contributed by atoms with Crippen molar-refractivity contribution in [2.24, 2.45) is 17.6 Å². The molecule has 40 heavy (non-hydrogen) atoms. The van der Waals surface area contributed by atoms with Gasteiger partial charge in [0, 0.05) is 31.3 Å². The summed E-state index contributed by atoms with van der Waals surface area (Å²) in [6, 6.07) is 0.233. The summed E-state index contributed by atoms with van der Waals surface area (Å²) in [7, 11) is 2.57. The number of aliphatic hydroxyl groups is 3. The number of carbonyl (C=O) groups excluding carboxylic acids is 3. The van der Waals surface area contributed by atoms with E-state index in [1.54, 1.807) is 19.0 Å². The van der Waals surface area contributed by atoms with Gasteiger partial charge in [-0.1, -0.05) is 0 Å². The number of rotatable bonds is 6. The Bertz CT molecular complexity index is 1490. The number of fused-ring (bicyclic) bond motifs is 3. The minimum absolute atomic E-state index is 0. The highest BCUT2D eigenvalue weighted by Crippen LogP contribution is 2.54. The number of primary amides is 1. The van der Waals surface area contributed by atoms with Crippen LogP contribution in [-0.4, -0.2) is 96.8 Å². The number of likely N-dealkylation sites (N-methyl/N-ethyl adjacent to an activating group) is 1. The molecule has 1 fully saturated rings. The van der Waals surface area contributed by atoms with Crippen molar-refractivity contribution in [1.82, 2.24) is 4.90 Å². The molecule has 0 bridgehead atoms. The Morgan fingerprint density at radius 2 is 1.77 bits per heavy atom. The molecular weight excluding hydrogens is 568 g/mol. The monoisotopic (exact) mass is 600 g/mol. The number of carbonyl (C=O) groups is 3. The zero-order chi connectivity index (χ0) is 29.4. The largest absolute Gasteiger partial charge is 0.508 e. The maximum Gasteiger partial charge on any atom is 0.255 e. The second kappa shape index (κ2) is 10.3. The van der Waals surface area contributed by atoms with Crippen molar-refractivity contribution in [1.29, 1.82) is 0 Å². The van der Waals surface area contributed by atoms with Gasteiger partial charge in [-0.05, 0) is 51.4 Å². The Morgan fingerprint density at radius 3 is 2.27 bits per heavy atom. The molecule has 220 valence electrons. The third-order valence-corrected chi connectivity index (χ3v) is 9.12. The summed E-state index contributed by atoms with van der Waals surface area (Å²) in [5.74, 6) is -8.03. The number of sulfonamides is 1. The number of ketones is 2. The molecule has 15 heteroatoms.